The molecule has 1 aromatic heterocycles. The van der Waals surface area contributed by atoms with Crippen molar-refractivity contribution in [1.29, 1.82) is 0 Å². The lowest BCUT2D eigenvalue weighted by Gasteiger charge is -1.99. The molecule has 0 spiro atoms. The standard InChI is InChI=1S/C13H10N4O5/c18-11(15-10-7-14-13(20)16-12(10)19)5-4-8-2-1-3-9(6-8)17(21)22/h1-7H,(H,15,18)(H2,14,16,19,20)/b5-4+. The maximum atomic E-state index is 11.7. The number of non-ortho nitro benzene ring substituents is 1. The van der Waals surface area contributed by atoms with E-state index in [1.807, 2.05) is 4.98 Å². The van der Waals surface area contributed by atoms with E-state index in [2.05, 4.69) is 10.3 Å². The Morgan fingerprint density at radius 1 is 1.32 bits per heavy atom. The minimum absolute atomic E-state index is 0.0976. The van der Waals surface area contributed by atoms with Crippen LogP contribution in [0.3, 0.4) is 0 Å². The summed E-state index contributed by atoms with van der Waals surface area (Å²) in [5.41, 5.74) is -1.18. The highest BCUT2D eigenvalue weighted by atomic mass is 16.6. The summed E-state index contributed by atoms with van der Waals surface area (Å²) in [6.07, 6.45) is 3.55. The number of nitrogens with one attached hydrogen (secondary N) is 3. The summed E-state index contributed by atoms with van der Waals surface area (Å²) < 4.78 is 0. The molecular weight excluding hydrogens is 292 g/mol. The summed E-state index contributed by atoms with van der Waals surface area (Å²) in [7, 11) is 0. The molecule has 0 radical (unpaired) electrons. The zero-order valence-electron chi connectivity index (χ0n) is 11.0. The fourth-order valence-electron chi connectivity index (χ4n) is 1.59. The van der Waals surface area contributed by atoms with Crippen LogP contribution >= 0.6 is 0 Å². The molecule has 1 heterocycles. The number of benzene rings is 1. The van der Waals surface area contributed by atoms with Crippen LogP contribution in [-0.2, 0) is 4.79 Å². The van der Waals surface area contributed by atoms with E-state index in [0.29, 0.717) is 5.56 Å². The topological polar surface area (TPSA) is 138 Å². The number of nitrogens with zero attached hydrogens (tertiary/aromatic N) is 1. The lowest BCUT2D eigenvalue weighted by atomic mass is 10.2. The minimum Gasteiger partial charge on any atom is -0.317 e. The van der Waals surface area contributed by atoms with E-state index >= 15 is 0 Å². The van der Waals surface area contributed by atoms with E-state index in [1.165, 1.54) is 24.3 Å². The highest BCUT2D eigenvalue weighted by Crippen LogP contribution is 2.14. The van der Waals surface area contributed by atoms with Crippen LogP contribution in [0.5, 0.6) is 0 Å². The van der Waals surface area contributed by atoms with Crippen molar-refractivity contribution in [3.63, 3.8) is 0 Å². The fraction of sp³-hybridized carbons (Fsp3) is 0. The van der Waals surface area contributed by atoms with E-state index in [1.54, 1.807) is 6.07 Å². The van der Waals surface area contributed by atoms with Gasteiger partial charge in [0.1, 0.15) is 5.69 Å². The lowest BCUT2D eigenvalue weighted by Crippen LogP contribution is -2.25. The molecule has 0 bridgehead atoms. The van der Waals surface area contributed by atoms with Gasteiger partial charge in [0.2, 0.25) is 5.91 Å². The van der Waals surface area contributed by atoms with Crippen molar-refractivity contribution < 1.29 is 9.72 Å². The first-order valence-electron chi connectivity index (χ1n) is 6.01. The van der Waals surface area contributed by atoms with Crippen LogP contribution in [0.1, 0.15) is 5.56 Å². The molecular formula is C13H10N4O5. The van der Waals surface area contributed by atoms with E-state index in [-0.39, 0.29) is 11.4 Å². The number of aromatic nitrogens is 2. The molecule has 1 amide bonds. The Morgan fingerprint density at radius 2 is 2.09 bits per heavy atom. The number of aromatic amines is 2. The first-order chi connectivity index (χ1) is 10.5. The van der Waals surface area contributed by atoms with Gasteiger partial charge >= 0.3 is 5.69 Å². The molecule has 0 aliphatic heterocycles. The van der Waals surface area contributed by atoms with Crippen LogP contribution in [-0.4, -0.2) is 20.8 Å². The summed E-state index contributed by atoms with van der Waals surface area (Å²) in [6, 6.07) is 5.71. The first-order valence-corrected chi connectivity index (χ1v) is 6.01. The van der Waals surface area contributed by atoms with E-state index < -0.39 is 22.1 Å². The number of hydrogen-bond donors (Lipinski definition) is 3. The van der Waals surface area contributed by atoms with Gasteiger partial charge in [-0.25, -0.2) is 4.79 Å². The molecule has 0 unspecified atom stereocenters. The van der Waals surface area contributed by atoms with Crippen molar-refractivity contribution in [1.82, 2.24) is 9.97 Å². The Bertz CT molecular complexity index is 865. The molecule has 0 saturated carbocycles. The normalized spacial score (nSPS) is 10.5. The smallest absolute Gasteiger partial charge is 0.317 e. The van der Waals surface area contributed by atoms with Gasteiger partial charge < -0.3 is 10.3 Å². The summed E-state index contributed by atoms with van der Waals surface area (Å²) in [5.74, 6) is -0.621. The van der Waals surface area contributed by atoms with Gasteiger partial charge in [-0.15, -0.1) is 0 Å². The maximum absolute atomic E-state index is 11.7. The maximum Gasteiger partial charge on any atom is 0.325 e. The lowest BCUT2D eigenvalue weighted by molar-refractivity contribution is -0.384. The zero-order valence-corrected chi connectivity index (χ0v) is 11.0. The molecule has 0 saturated heterocycles. The molecule has 9 heteroatoms. The number of nitro groups is 1. The van der Waals surface area contributed by atoms with Gasteiger partial charge in [0.15, 0.2) is 0 Å². The molecule has 22 heavy (non-hydrogen) atoms. The molecule has 3 N–H and O–H groups in total. The van der Waals surface area contributed by atoms with Gasteiger partial charge in [-0.3, -0.25) is 24.7 Å². The molecule has 0 aliphatic rings. The molecule has 2 rings (SSSR count). The summed E-state index contributed by atoms with van der Waals surface area (Å²) >= 11 is 0. The van der Waals surface area contributed by atoms with Crippen molar-refractivity contribution in [3.05, 3.63) is 73.1 Å². The highest BCUT2D eigenvalue weighted by molar-refractivity contribution is 6.01. The number of nitro benzene ring substituents is 1. The monoisotopic (exact) mass is 302 g/mol. The number of hydrogen-bond acceptors (Lipinski definition) is 5. The summed E-state index contributed by atoms with van der Waals surface area (Å²) in [6.45, 7) is 0. The molecule has 0 aliphatic carbocycles. The van der Waals surface area contributed by atoms with Crippen LogP contribution in [0.4, 0.5) is 11.4 Å². The van der Waals surface area contributed by atoms with Crippen LogP contribution in [0, 0.1) is 10.1 Å². The van der Waals surface area contributed by atoms with Crippen molar-refractivity contribution in [2.45, 2.75) is 0 Å². The second kappa shape index (κ2) is 6.31. The Labute approximate surface area is 122 Å². The minimum atomic E-state index is -0.735. The van der Waals surface area contributed by atoms with Crippen LogP contribution in [0.15, 0.2) is 46.1 Å². The molecule has 112 valence electrons. The predicted octanol–water partition coefficient (Wildman–Crippen LogP) is 0.623. The van der Waals surface area contributed by atoms with E-state index in [4.69, 9.17) is 0 Å². The number of carbonyl (C=O) groups excluding carboxylic acids is 1. The number of rotatable bonds is 4. The Morgan fingerprint density at radius 3 is 2.77 bits per heavy atom. The third-order valence-electron chi connectivity index (χ3n) is 2.59. The first kappa shape index (κ1) is 14.9. The SMILES string of the molecule is O=C(/C=C/c1cccc([N+](=O)[O-])c1)Nc1c[nH]c(=O)[nH]c1=O. The molecule has 2 aromatic rings. The van der Waals surface area contributed by atoms with E-state index in [9.17, 15) is 24.5 Å². The Hall–Kier alpha value is -3.49. The number of H-pyrrole nitrogens is 2. The van der Waals surface area contributed by atoms with Gasteiger partial charge in [-0.1, -0.05) is 12.1 Å². The Balaban J connectivity index is 2.11. The third kappa shape index (κ3) is 3.76. The largest absolute Gasteiger partial charge is 0.325 e. The summed E-state index contributed by atoms with van der Waals surface area (Å²) in [5, 5.41) is 12.9. The molecule has 9 nitrogen and oxygen atoms in total. The van der Waals surface area contributed by atoms with E-state index in [0.717, 1.165) is 12.3 Å². The number of anilines is 1. The highest BCUT2D eigenvalue weighted by Gasteiger charge is 2.05. The van der Waals surface area contributed by atoms with Crippen molar-refractivity contribution in [2.24, 2.45) is 0 Å². The van der Waals surface area contributed by atoms with Gasteiger partial charge in [0.25, 0.3) is 11.2 Å². The van der Waals surface area contributed by atoms with Crippen LogP contribution in [0.25, 0.3) is 6.08 Å². The van der Waals surface area contributed by atoms with Gasteiger partial charge in [-0.05, 0) is 11.6 Å². The molecule has 1 aromatic carbocycles. The summed E-state index contributed by atoms with van der Waals surface area (Å²) in [4.78, 5) is 48.1. The van der Waals surface area contributed by atoms with Crippen LogP contribution < -0.4 is 16.6 Å². The average Bonchev–Trinajstić information content (AvgIpc) is 2.48. The fourth-order valence-corrected chi connectivity index (χ4v) is 1.59. The van der Waals surface area contributed by atoms with Crippen molar-refractivity contribution in [2.75, 3.05) is 5.32 Å². The van der Waals surface area contributed by atoms with Gasteiger partial charge in [0.05, 0.1) is 4.92 Å². The second-order valence-corrected chi connectivity index (χ2v) is 4.16. The van der Waals surface area contributed by atoms with Gasteiger partial charge in [0, 0.05) is 24.4 Å². The van der Waals surface area contributed by atoms with Crippen LogP contribution in [0.2, 0.25) is 0 Å². The van der Waals surface area contributed by atoms with Crippen molar-refractivity contribution in [3.8, 4) is 0 Å². The molecule has 0 fully saturated rings. The Kier molecular flexibility index (Phi) is 4.27. The van der Waals surface area contributed by atoms with Gasteiger partial charge in [-0.2, -0.15) is 0 Å². The second-order valence-electron chi connectivity index (χ2n) is 4.16. The van der Waals surface area contributed by atoms with Crippen molar-refractivity contribution >= 4 is 23.4 Å². The zero-order chi connectivity index (χ0) is 16.1. The molecule has 0 atom stereocenters. The third-order valence-corrected chi connectivity index (χ3v) is 2.59. The quantitative estimate of drug-likeness (QED) is 0.432. The number of amides is 1. The average molecular weight is 302 g/mol. The number of carbonyl (C=O) groups is 1. The predicted molar refractivity (Wildman–Crippen MR) is 78.4 cm³/mol.